The largest absolute Gasteiger partial charge is 0.352 e. The lowest BCUT2D eigenvalue weighted by Gasteiger charge is -2.05. The summed E-state index contributed by atoms with van der Waals surface area (Å²) in [7, 11) is 0. The quantitative estimate of drug-likeness (QED) is 0.571. The van der Waals surface area contributed by atoms with E-state index in [1.807, 2.05) is 0 Å². The molecule has 0 fully saturated rings. The Morgan fingerprint density at radius 3 is 2.62 bits per heavy atom. The number of hydrogen-bond acceptors (Lipinski definition) is 5. The average Bonchev–Trinajstić information content (AvgIpc) is 3.00. The van der Waals surface area contributed by atoms with Gasteiger partial charge in [0.2, 0.25) is 5.91 Å². The molecule has 1 amide bonds. The van der Waals surface area contributed by atoms with Gasteiger partial charge in [0.25, 0.3) is 0 Å². The molecule has 10 heteroatoms. The van der Waals surface area contributed by atoms with Gasteiger partial charge < -0.3 is 5.32 Å². The second-order valence-electron chi connectivity index (χ2n) is 6.23. The van der Waals surface area contributed by atoms with Crippen LogP contribution in [0, 0.1) is 18.6 Å². The fourth-order valence-electron chi connectivity index (χ4n) is 2.89. The van der Waals surface area contributed by atoms with Crippen molar-refractivity contribution in [1.29, 1.82) is 0 Å². The highest BCUT2D eigenvalue weighted by atomic mass is 19.1. The minimum atomic E-state index is -0.914. The van der Waals surface area contributed by atoms with Crippen molar-refractivity contribution in [2.24, 2.45) is 0 Å². The number of nitrogens with zero attached hydrogens (tertiary/aromatic N) is 5. The Labute approximate surface area is 162 Å². The summed E-state index contributed by atoms with van der Waals surface area (Å²) in [5, 5.41) is 6.47. The topological polar surface area (TPSA) is 94.2 Å². The Kier molecular flexibility index (Phi) is 4.59. The Morgan fingerprint density at radius 2 is 1.90 bits per heavy atom. The maximum Gasteiger partial charge on any atom is 0.352 e. The van der Waals surface area contributed by atoms with Crippen molar-refractivity contribution in [3.63, 3.8) is 0 Å². The van der Waals surface area contributed by atoms with E-state index in [-0.39, 0.29) is 5.69 Å². The first-order valence-electron chi connectivity index (χ1n) is 8.55. The van der Waals surface area contributed by atoms with Crippen LogP contribution >= 0.6 is 0 Å². The molecule has 29 heavy (non-hydrogen) atoms. The molecule has 0 aliphatic carbocycles. The minimum Gasteiger partial charge on any atom is -0.322 e. The number of pyridine rings is 1. The van der Waals surface area contributed by atoms with Crippen LogP contribution < -0.4 is 11.0 Å². The molecule has 3 heterocycles. The standard InChI is InChI=1S/C19H14F2N6O2/c1-11-23-16(12-4-6-22-7-5-12)9-17-25-26(19(29)27(11)17)10-18(28)24-15-3-2-13(20)8-14(15)21/h2-9H,10H2,1H3,(H,24,28). The number of amides is 1. The number of aryl methyl sites for hydroxylation is 1. The Hall–Kier alpha value is -3.95. The van der Waals surface area contributed by atoms with Crippen molar-refractivity contribution in [2.75, 3.05) is 5.32 Å². The third-order valence-electron chi connectivity index (χ3n) is 4.21. The predicted octanol–water partition coefficient (Wildman–Crippen LogP) is 2.18. The summed E-state index contributed by atoms with van der Waals surface area (Å²) in [5.41, 5.74) is 0.978. The lowest BCUT2D eigenvalue weighted by molar-refractivity contribution is -0.117. The SMILES string of the molecule is Cc1nc(-c2ccncc2)cc2nn(CC(=O)Nc3ccc(F)cc3F)c(=O)n12. The van der Waals surface area contributed by atoms with Crippen molar-refractivity contribution in [3.05, 3.63) is 76.7 Å². The van der Waals surface area contributed by atoms with Gasteiger partial charge in [-0.2, -0.15) is 0 Å². The summed E-state index contributed by atoms with van der Waals surface area (Å²) in [5.74, 6) is -1.95. The molecule has 0 radical (unpaired) electrons. The first-order chi connectivity index (χ1) is 13.9. The van der Waals surface area contributed by atoms with Crippen LogP contribution in [0.4, 0.5) is 14.5 Å². The molecule has 0 unspecified atom stereocenters. The number of nitrogens with one attached hydrogen (secondary N) is 1. The lowest BCUT2D eigenvalue weighted by Crippen LogP contribution is -2.29. The van der Waals surface area contributed by atoms with Crippen LogP contribution in [0.2, 0.25) is 0 Å². The highest BCUT2D eigenvalue weighted by Gasteiger charge is 2.15. The summed E-state index contributed by atoms with van der Waals surface area (Å²) in [6, 6.07) is 7.95. The zero-order chi connectivity index (χ0) is 20.5. The number of anilines is 1. The number of benzene rings is 1. The number of hydrogen-bond donors (Lipinski definition) is 1. The molecule has 8 nitrogen and oxygen atoms in total. The molecule has 0 spiro atoms. The van der Waals surface area contributed by atoms with Gasteiger partial charge in [0, 0.05) is 30.1 Å². The average molecular weight is 396 g/mol. The van der Waals surface area contributed by atoms with E-state index in [2.05, 4.69) is 20.4 Å². The number of fused-ring (bicyclic) bond motifs is 1. The molecule has 0 saturated heterocycles. The van der Waals surface area contributed by atoms with E-state index in [9.17, 15) is 18.4 Å². The van der Waals surface area contributed by atoms with E-state index in [1.165, 1.54) is 4.40 Å². The minimum absolute atomic E-state index is 0.189. The number of aromatic nitrogens is 5. The molecule has 0 aliphatic rings. The van der Waals surface area contributed by atoms with Crippen LogP contribution in [0.25, 0.3) is 16.9 Å². The van der Waals surface area contributed by atoms with Crippen molar-refractivity contribution >= 4 is 17.2 Å². The lowest BCUT2D eigenvalue weighted by atomic mass is 10.2. The van der Waals surface area contributed by atoms with Crippen molar-refractivity contribution < 1.29 is 13.6 Å². The van der Waals surface area contributed by atoms with Crippen molar-refractivity contribution in [1.82, 2.24) is 24.1 Å². The summed E-state index contributed by atoms with van der Waals surface area (Å²) in [6.45, 7) is 1.21. The maximum atomic E-state index is 13.7. The second-order valence-corrected chi connectivity index (χ2v) is 6.23. The molecule has 3 aromatic heterocycles. The van der Waals surface area contributed by atoms with E-state index in [0.29, 0.717) is 23.2 Å². The molecule has 4 rings (SSSR count). The first kappa shape index (κ1) is 18.4. The smallest absolute Gasteiger partial charge is 0.322 e. The molecule has 1 aromatic carbocycles. The summed E-state index contributed by atoms with van der Waals surface area (Å²) in [6.07, 6.45) is 3.25. The molecular formula is C19H14F2N6O2. The van der Waals surface area contributed by atoms with Crippen LogP contribution in [0.5, 0.6) is 0 Å². The number of rotatable bonds is 4. The van der Waals surface area contributed by atoms with Crippen molar-refractivity contribution in [3.8, 4) is 11.3 Å². The highest BCUT2D eigenvalue weighted by molar-refractivity contribution is 5.90. The molecular weight excluding hydrogens is 382 g/mol. The molecule has 146 valence electrons. The second kappa shape index (κ2) is 7.23. The van der Waals surface area contributed by atoms with Gasteiger partial charge in [-0.05, 0) is 31.2 Å². The van der Waals surface area contributed by atoms with Gasteiger partial charge in [0.1, 0.15) is 24.0 Å². The third kappa shape index (κ3) is 3.59. The predicted molar refractivity (Wildman–Crippen MR) is 100 cm³/mol. The zero-order valence-electron chi connectivity index (χ0n) is 15.1. The summed E-state index contributed by atoms with van der Waals surface area (Å²) < 4.78 is 28.9. The van der Waals surface area contributed by atoms with Gasteiger partial charge in [0.15, 0.2) is 5.65 Å². The number of carbonyl (C=O) groups excluding carboxylic acids is 1. The van der Waals surface area contributed by atoms with Crippen LogP contribution in [0.1, 0.15) is 5.82 Å². The van der Waals surface area contributed by atoms with Crippen LogP contribution in [-0.4, -0.2) is 30.1 Å². The highest BCUT2D eigenvalue weighted by Crippen LogP contribution is 2.18. The van der Waals surface area contributed by atoms with E-state index >= 15 is 0 Å². The van der Waals surface area contributed by atoms with Gasteiger partial charge in [-0.15, -0.1) is 5.10 Å². The van der Waals surface area contributed by atoms with Crippen LogP contribution in [0.3, 0.4) is 0 Å². The van der Waals surface area contributed by atoms with Crippen LogP contribution in [0.15, 0.2) is 53.6 Å². The third-order valence-corrected chi connectivity index (χ3v) is 4.21. The Bertz CT molecular complexity index is 1280. The Balaban J connectivity index is 1.64. The molecule has 4 aromatic rings. The fraction of sp³-hybridized carbons (Fsp3) is 0.105. The van der Waals surface area contributed by atoms with Crippen molar-refractivity contribution in [2.45, 2.75) is 13.5 Å². The van der Waals surface area contributed by atoms with Crippen LogP contribution in [-0.2, 0) is 11.3 Å². The van der Waals surface area contributed by atoms with Gasteiger partial charge in [-0.25, -0.2) is 27.6 Å². The summed E-state index contributed by atoms with van der Waals surface area (Å²) in [4.78, 5) is 33.2. The molecule has 0 aliphatic heterocycles. The van der Waals surface area contributed by atoms with E-state index in [4.69, 9.17) is 0 Å². The molecule has 0 bridgehead atoms. The van der Waals surface area contributed by atoms with Gasteiger partial charge >= 0.3 is 5.69 Å². The molecule has 0 saturated carbocycles. The summed E-state index contributed by atoms with van der Waals surface area (Å²) >= 11 is 0. The van der Waals surface area contributed by atoms with Gasteiger partial charge in [-0.3, -0.25) is 9.78 Å². The van der Waals surface area contributed by atoms with E-state index < -0.39 is 29.8 Å². The van der Waals surface area contributed by atoms with E-state index in [1.54, 1.807) is 37.5 Å². The molecule has 0 atom stereocenters. The normalized spacial score (nSPS) is 11.0. The monoisotopic (exact) mass is 396 g/mol. The van der Waals surface area contributed by atoms with Gasteiger partial charge in [0.05, 0.1) is 11.4 Å². The first-order valence-corrected chi connectivity index (χ1v) is 8.55. The number of halogens is 2. The van der Waals surface area contributed by atoms with E-state index in [0.717, 1.165) is 22.4 Å². The number of carbonyl (C=O) groups is 1. The van der Waals surface area contributed by atoms with Gasteiger partial charge in [-0.1, -0.05) is 0 Å². The fourth-order valence-corrected chi connectivity index (χ4v) is 2.89. The maximum absolute atomic E-state index is 13.7. The zero-order valence-corrected chi connectivity index (χ0v) is 15.1. The Morgan fingerprint density at radius 1 is 1.14 bits per heavy atom. The molecule has 1 N–H and O–H groups in total.